The number of aromatic nitrogens is 2. The summed E-state index contributed by atoms with van der Waals surface area (Å²) in [6.07, 6.45) is 5.24. The third-order valence-corrected chi connectivity index (χ3v) is 3.11. The van der Waals surface area contributed by atoms with Crippen molar-refractivity contribution in [2.24, 2.45) is 11.7 Å². The Morgan fingerprint density at radius 3 is 2.83 bits per heavy atom. The number of anilines is 1. The van der Waals surface area contributed by atoms with E-state index in [2.05, 4.69) is 28.7 Å². The molecule has 1 heterocycles. The van der Waals surface area contributed by atoms with Crippen LogP contribution in [0.4, 0.5) is 5.95 Å². The van der Waals surface area contributed by atoms with E-state index >= 15 is 0 Å². The van der Waals surface area contributed by atoms with Crippen molar-refractivity contribution in [3.05, 3.63) is 18.0 Å². The number of hydrogen-bond acceptors (Lipinski definition) is 4. The van der Waals surface area contributed by atoms with Gasteiger partial charge >= 0.3 is 0 Å². The number of hydrogen-bond donors (Lipinski definition) is 2. The molecule has 3 N–H and O–H groups in total. The fourth-order valence-electron chi connectivity index (χ4n) is 1.87. The van der Waals surface area contributed by atoms with Gasteiger partial charge in [0.1, 0.15) is 11.5 Å². The average Bonchev–Trinajstić information content (AvgIpc) is 3.14. The minimum atomic E-state index is -0.00161. The second-order valence-electron chi connectivity index (χ2n) is 5.26. The Labute approximate surface area is 108 Å². The van der Waals surface area contributed by atoms with Gasteiger partial charge in [-0.3, -0.25) is 5.41 Å². The van der Waals surface area contributed by atoms with Crippen molar-refractivity contribution >= 4 is 11.8 Å². The molecule has 1 fully saturated rings. The van der Waals surface area contributed by atoms with Gasteiger partial charge in [0.2, 0.25) is 5.95 Å². The summed E-state index contributed by atoms with van der Waals surface area (Å²) in [7, 11) is 0. The Hall–Kier alpha value is -1.65. The first-order chi connectivity index (χ1) is 8.58. The van der Waals surface area contributed by atoms with Gasteiger partial charge in [0, 0.05) is 18.8 Å². The van der Waals surface area contributed by atoms with E-state index in [0.29, 0.717) is 23.6 Å². The van der Waals surface area contributed by atoms with Crippen molar-refractivity contribution in [2.45, 2.75) is 39.2 Å². The van der Waals surface area contributed by atoms with Crippen LogP contribution in [0, 0.1) is 11.3 Å². The highest BCUT2D eigenvalue weighted by atomic mass is 15.3. The topological polar surface area (TPSA) is 78.9 Å². The molecule has 0 saturated heterocycles. The first-order valence-electron chi connectivity index (χ1n) is 6.52. The molecular formula is C13H21N5. The van der Waals surface area contributed by atoms with E-state index in [9.17, 15) is 0 Å². The summed E-state index contributed by atoms with van der Waals surface area (Å²) in [6, 6.07) is 2.25. The van der Waals surface area contributed by atoms with Gasteiger partial charge in [0.25, 0.3) is 0 Å². The normalized spacial score (nSPS) is 14.8. The van der Waals surface area contributed by atoms with Crippen LogP contribution in [0.5, 0.6) is 0 Å². The zero-order valence-electron chi connectivity index (χ0n) is 11.1. The minimum absolute atomic E-state index is 0.00161. The molecule has 18 heavy (non-hydrogen) atoms. The molecule has 0 unspecified atom stereocenters. The molecule has 5 nitrogen and oxygen atoms in total. The highest BCUT2D eigenvalue weighted by molar-refractivity contribution is 5.93. The Morgan fingerprint density at radius 1 is 1.56 bits per heavy atom. The second kappa shape index (κ2) is 5.33. The van der Waals surface area contributed by atoms with E-state index < -0.39 is 0 Å². The predicted octanol–water partition coefficient (Wildman–Crippen LogP) is 1.78. The summed E-state index contributed by atoms with van der Waals surface area (Å²) >= 11 is 0. The molecule has 1 saturated carbocycles. The minimum Gasteiger partial charge on any atom is -0.382 e. The van der Waals surface area contributed by atoms with Gasteiger partial charge in [0.05, 0.1) is 0 Å². The molecule has 2 rings (SSSR count). The molecule has 0 bridgehead atoms. The van der Waals surface area contributed by atoms with E-state index in [1.54, 1.807) is 12.3 Å². The van der Waals surface area contributed by atoms with Crippen LogP contribution in [-0.4, -0.2) is 28.4 Å². The molecular weight excluding hydrogens is 226 g/mol. The van der Waals surface area contributed by atoms with Crippen LogP contribution in [0.3, 0.4) is 0 Å². The lowest BCUT2D eigenvalue weighted by molar-refractivity contribution is 0.565. The molecule has 5 heteroatoms. The van der Waals surface area contributed by atoms with Gasteiger partial charge in [-0.2, -0.15) is 0 Å². The van der Waals surface area contributed by atoms with Crippen LogP contribution in [0.1, 0.15) is 38.8 Å². The summed E-state index contributed by atoms with van der Waals surface area (Å²) in [5, 5.41) is 7.44. The van der Waals surface area contributed by atoms with Crippen LogP contribution < -0.4 is 10.6 Å². The summed E-state index contributed by atoms with van der Waals surface area (Å²) in [6.45, 7) is 5.42. The number of amidine groups is 1. The van der Waals surface area contributed by atoms with E-state index in [-0.39, 0.29) is 5.84 Å². The third kappa shape index (κ3) is 3.18. The Bertz CT molecular complexity index is 425. The van der Waals surface area contributed by atoms with Gasteiger partial charge in [-0.05, 0) is 31.2 Å². The summed E-state index contributed by atoms with van der Waals surface area (Å²) in [5.41, 5.74) is 5.98. The van der Waals surface area contributed by atoms with Crippen molar-refractivity contribution in [1.82, 2.24) is 9.97 Å². The maximum absolute atomic E-state index is 7.44. The van der Waals surface area contributed by atoms with Crippen molar-refractivity contribution in [1.29, 1.82) is 5.41 Å². The lowest BCUT2D eigenvalue weighted by atomic mass is 10.1. The van der Waals surface area contributed by atoms with Gasteiger partial charge in [-0.1, -0.05) is 13.8 Å². The molecule has 98 valence electrons. The maximum Gasteiger partial charge on any atom is 0.226 e. The summed E-state index contributed by atoms with van der Waals surface area (Å²) < 4.78 is 0. The molecule has 0 aliphatic heterocycles. The lowest BCUT2D eigenvalue weighted by Crippen LogP contribution is -2.30. The molecule has 0 spiro atoms. The van der Waals surface area contributed by atoms with Gasteiger partial charge in [-0.25, -0.2) is 9.97 Å². The SMILES string of the molecule is CC(C)CCN(c1nccc(C(=N)N)n1)C1CC1. The third-order valence-electron chi connectivity index (χ3n) is 3.11. The van der Waals surface area contributed by atoms with E-state index in [0.717, 1.165) is 13.0 Å². The van der Waals surface area contributed by atoms with Crippen molar-refractivity contribution in [3.63, 3.8) is 0 Å². The smallest absolute Gasteiger partial charge is 0.226 e. The van der Waals surface area contributed by atoms with Crippen LogP contribution >= 0.6 is 0 Å². The number of rotatable bonds is 6. The Kier molecular flexibility index (Phi) is 3.79. The fourth-order valence-corrected chi connectivity index (χ4v) is 1.87. The van der Waals surface area contributed by atoms with E-state index in [1.807, 2.05) is 0 Å². The average molecular weight is 247 g/mol. The Morgan fingerprint density at radius 2 is 2.28 bits per heavy atom. The molecule has 1 aromatic rings. The van der Waals surface area contributed by atoms with E-state index in [1.165, 1.54) is 12.8 Å². The standard InChI is InChI=1S/C13H21N5/c1-9(2)6-8-18(10-3-4-10)13-16-7-5-11(17-13)12(14)15/h5,7,9-10H,3-4,6,8H2,1-2H3,(H3,14,15). The zero-order chi connectivity index (χ0) is 13.1. The number of nitrogens with zero attached hydrogens (tertiary/aromatic N) is 3. The van der Waals surface area contributed by atoms with Crippen molar-refractivity contribution in [2.75, 3.05) is 11.4 Å². The molecule has 1 aliphatic rings. The van der Waals surface area contributed by atoms with Gasteiger partial charge in [-0.15, -0.1) is 0 Å². The number of nitrogens with one attached hydrogen (secondary N) is 1. The molecule has 0 aromatic carbocycles. The van der Waals surface area contributed by atoms with E-state index in [4.69, 9.17) is 11.1 Å². The van der Waals surface area contributed by atoms with Gasteiger partial charge in [0.15, 0.2) is 0 Å². The zero-order valence-corrected chi connectivity index (χ0v) is 11.1. The summed E-state index contributed by atoms with van der Waals surface area (Å²) in [4.78, 5) is 11.0. The monoisotopic (exact) mass is 247 g/mol. The van der Waals surface area contributed by atoms with Crippen molar-refractivity contribution in [3.8, 4) is 0 Å². The number of nitrogen functional groups attached to an aromatic ring is 1. The first-order valence-corrected chi connectivity index (χ1v) is 6.52. The van der Waals surface area contributed by atoms with Crippen LogP contribution in [0.25, 0.3) is 0 Å². The molecule has 0 amide bonds. The highest BCUT2D eigenvalue weighted by Gasteiger charge is 2.30. The summed E-state index contributed by atoms with van der Waals surface area (Å²) in [5.74, 6) is 1.38. The quantitative estimate of drug-likeness (QED) is 0.593. The molecule has 1 aliphatic carbocycles. The highest BCUT2D eigenvalue weighted by Crippen LogP contribution is 2.30. The predicted molar refractivity (Wildman–Crippen MR) is 72.9 cm³/mol. The van der Waals surface area contributed by atoms with Gasteiger partial charge < -0.3 is 10.6 Å². The fraction of sp³-hybridized carbons (Fsp3) is 0.615. The lowest BCUT2D eigenvalue weighted by Gasteiger charge is -2.23. The Balaban J connectivity index is 2.14. The van der Waals surface area contributed by atoms with Crippen molar-refractivity contribution < 1.29 is 0 Å². The van der Waals surface area contributed by atoms with Crippen LogP contribution in [-0.2, 0) is 0 Å². The molecule has 0 radical (unpaired) electrons. The largest absolute Gasteiger partial charge is 0.382 e. The van der Waals surface area contributed by atoms with Crippen LogP contribution in [0.15, 0.2) is 12.3 Å². The maximum atomic E-state index is 7.44. The first kappa shape index (κ1) is 12.8. The van der Waals surface area contributed by atoms with Crippen LogP contribution in [0.2, 0.25) is 0 Å². The second-order valence-corrected chi connectivity index (χ2v) is 5.26. The number of nitrogens with two attached hydrogens (primary N) is 1. The molecule has 0 atom stereocenters. The molecule has 1 aromatic heterocycles.